The summed E-state index contributed by atoms with van der Waals surface area (Å²) in [5.41, 5.74) is 7.55. The first-order chi connectivity index (χ1) is 9.38. The summed E-state index contributed by atoms with van der Waals surface area (Å²) in [4.78, 5) is 0. The van der Waals surface area contributed by atoms with Gasteiger partial charge in [-0.15, -0.1) is 0 Å². The lowest BCUT2D eigenvalue weighted by molar-refractivity contribution is 0.292. The molecule has 0 heterocycles. The van der Waals surface area contributed by atoms with Gasteiger partial charge in [0, 0.05) is 11.3 Å². The first-order valence-corrected chi connectivity index (χ1v) is 6.64. The summed E-state index contributed by atoms with van der Waals surface area (Å²) in [5, 5.41) is 0. The Morgan fingerprint density at radius 3 is 2.45 bits per heavy atom. The summed E-state index contributed by atoms with van der Waals surface area (Å²) in [7, 11) is 0. The van der Waals surface area contributed by atoms with Crippen LogP contribution in [0.15, 0.2) is 42.5 Å². The van der Waals surface area contributed by atoms with E-state index in [1.165, 1.54) is 6.07 Å². The summed E-state index contributed by atoms with van der Waals surface area (Å²) in [5.74, 6) is 0.453. The van der Waals surface area contributed by atoms with E-state index in [4.69, 9.17) is 10.5 Å². The number of nitrogens with two attached hydrogens (primary N) is 1. The van der Waals surface area contributed by atoms with Gasteiger partial charge in [-0.25, -0.2) is 4.39 Å². The van der Waals surface area contributed by atoms with Crippen molar-refractivity contribution in [2.24, 2.45) is 0 Å². The number of benzene rings is 2. The van der Waals surface area contributed by atoms with E-state index in [1.807, 2.05) is 24.3 Å². The third-order valence-corrected chi connectivity index (χ3v) is 3.16. The molecule has 3 heteroatoms. The van der Waals surface area contributed by atoms with Gasteiger partial charge in [-0.3, -0.25) is 0 Å². The molecule has 2 N–H and O–H groups in total. The highest BCUT2D eigenvalue weighted by molar-refractivity contribution is 5.41. The third kappa shape index (κ3) is 3.29. The van der Waals surface area contributed by atoms with E-state index in [0.29, 0.717) is 11.3 Å². The molecule has 0 saturated carbocycles. The molecule has 0 aliphatic rings. The second-order valence-electron chi connectivity index (χ2n) is 5.89. The Hall–Kier alpha value is -2.03. The van der Waals surface area contributed by atoms with Crippen molar-refractivity contribution in [3.05, 3.63) is 59.4 Å². The van der Waals surface area contributed by atoms with Crippen LogP contribution in [-0.2, 0) is 12.0 Å². The summed E-state index contributed by atoms with van der Waals surface area (Å²) >= 11 is 0. The van der Waals surface area contributed by atoms with Gasteiger partial charge < -0.3 is 10.5 Å². The van der Waals surface area contributed by atoms with Gasteiger partial charge in [-0.1, -0.05) is 45.0 Å². The summed E-state index contributed by atoms with van der Waals surface area (Å²) in [6.45, 7) is 6.57. The second-order valence-corrected chi connectivity index (χ2v) is 5.89. The molecule has 0 aliphatic carbocycles. The van der Waals surface area contributed by atoms with Crippen LogP contribution < -0.4 is 10.5 Å². The molecule has 0 radical (unpaired) electrons. The highest BCUT2D eigenvalue weighted by atomic mass is 19.1. The van der Waals surface area contributed by atoms with E-state index in [-0.39, 0.29) is 17.8 Å². The SMILES string of the molecule is CC(C)(C)c1ccccc1OCc1ccc(N)cc1F. The molecular weight excluding hydrogens is 253 g/mol. The topological polar surface area (TPSA) is 35.2 Å². The number of hydrogen-bond donors (Lipinski definition) is 1. The van der Waals surface area contributed by atoms with Crippen LogP contribution in [0.4, 0.5) is 10.1 Å². The Morgan fingerprint density at radius 1 is 1.10 bits per heavy atom. The van der Waals surface area contributed by atoms with Gasteiger partial charge in [0.05, 0.1) is 0 Å². The van der Waals surface area contributed by atoms with Gasteiger partial charge in [0.2, 0.25) is 0 Å². The van der Waals surface area contributed by atoms with Crippen molar-refractivity contribution in [2.45, 2.75) is 32.8 Å². The smallest absolute Gasteiger partial charge is 0.131 e. The minimum atomic E-state index is -0.335. The Balaban J connectivity index is 2.19. The van der Waals surface area contributed by atoms with Crippen LogP contribution in [0.25, 0.3) is 0 Å². The maximum absolute atomic E-state index is 13.7. The lowest BCUT2D eigenvalue weighted by atomic mass is 9.86. The number of rotatable bonds is 3. The minimum Gasteiger partial charge on any atom is -0.488 e. The monoisotopic (exact) mass is 273 g/mol. The van der Waals surface area contributed by atoms with Crippen LogP contribution in [0.1, 0.15) is 31.9 Å². The molecule has 0 fully saturated rings. The Bertz CT molecular complexity index is 602. The molecule has 2 rings (SSSR count). The van der Waals surface area contributed by atoms with Gasteiger partial charge in [-0.2, -0.15) is 0 Å². The summed E-state index contributed by atoms with van der Waals surface area (Å²) in [6, 6.07) is 12.5. The van der Waals surface area contributed by atoms with Crippen molar-refractivity contribution in [3.8, 4) is 5.75 Å². The fraction of sp³-hybridized carbons (Fsp3) is 0.294. The first-order valence-electron chi connectivity index (χ1n) is 6.64. The molecule has 0 unspecified atom stereocenters. The molecule has 0 bridgehead atoms. The van der Waals surface area contributed by atoms with Gasteiger partial charge in [0.1, 0.15) is 18.2 Å². The molecule has 20 heavy (non-hydrogen) atoms. The standard InChI is InChI=1S/C17H20FNO/c1-17(2,3)14-6-4-5-7-16(14)20-11-12-8-9-13(19)10-15(12)18/h4-10H,11,19H2,1-3H3. The zero-order valence-electron chi connectivity index (χ0n) is 12.1. The van der Waals surface area contributed by atoms with E-state index in [9.17, 15) is 4.39 Å². The molecule has 2 aromatic carbocycles. The van der Waals surface area contributed by atoms with Crippen LogP contribution in [0.2, 0.25) is 0 Å². The van der Waals surface area contributed by atoms with E-state index in [1.54, 1.807) is 12.1 Å². The minimum absolute atomic E-state index is 0.0176. The fourth-order valence-corrected chi connectivity index (χ4v) is 2.05. The molecule has 0 saturated heterocycles. The lowest BCUT2D eigenvalue weighted by Crippen LogP contribution is -2.13. The molecule has 0 amide bonds. The third-order valence-electron chi connectivity index (χ3n) is 3.16. The second kappa shape index (κ2) is 5.53. The van der Waals surface area contributed by atoms with Crippen molar-refractivity contribution in [3.63, 3.8) is 0 Å². The largest absolute Gasteiger partial charge is 0.488 e. The van der Waals surface area contributed by atoms with Gasteiger partial charge in [-0.05, 0) is 29.2 Å². The van der Waals surface area contributed by atoms with Gasteiger partial charge in [0.15, 0.2) is 0 Å². The van der Waals surface area contributed by atoms with E-state index >= 15 is 0 Å². The Kier molecular flexibility index (Phi) is 3.98. The number of para-hydroxylation sites is 1. The maximum atomic E-state index is 13.7. The van der Waals surface area contributed by atoms with E-state index in [0.717, 1.165) is 11.3 Å². The van der Waals surface area contributed by atoms with Crippen LogP contribution in [-0.4, -0.2) is 0 Å². The number of halogens is 1. The Labute approximate surface area is 119 Å². The van der Waals surface area contributed by atoms with Gasteiger partial charge >= 0.3 is 0 Å². The summed E-state index contributed by atoms with van der Waals surface area (Å²) in [6.07, 6.45) is 0. The molecule has 0 aliphatic heterocycles. The van der Waals surface area contributed by atoms with Crippen molar-refractivity contribution in [2.75, 3.05) is 5.73 Å². The number of nitrogen functional groups attached to an aromatic ring is 1. The number of anilines is 1. The average molecular weight is 273 g/mol. The zero-order valence-corrected chi connectivity index (χ0v) is 12.1. The fourth-order valence-electron chi connectivity index (χ4n) is 2.05. The Morgan fingerprint density at radius 2 is 1.80 bits per heavy atom. The predicted octanol–water partition coefficient (Wildman–Crippen LogP) is 4.28. The van der Waals surface area contributed by atoms with Crippen molar-refractivity contribution in [1.82, 2.24) is 0 Å². The molecule has 2 aromatic rings. The van der Waals surface area contributed by atoms with E-state index < -0.39 is 0 Å². The zero-order chi connectivity index (χ0) is 14.8. The van der Waals surface area contributed by atoms with Crippen LogP contribution >= 0.6 is 0 Å². The van der Waals surface area contributed by atoms with Crippen molar-refractivity contribution in [1.29, 1.82) is 0 Å². The first kappa shape index (κ1) is 14.4. The van der Waals surface area contributed by atoms with Crippen LogP contribution in [0.3, 0.4) is 0 Å². The number of ether oxygens (including phenoxy) is 1. The highest BCUT2D eigenvalue weighted by Gasteiger charge is 2.18. The van der Waals surface area contributed by atoms with Gasteiger partial charge in [0.25, 0.3) is 0 Å². The molecule has 0 atom stereocenters. The predicted molar refractivity (Wildman–Crippen MR) is 80.3 cm³/mol. The summed E-state index contributed by atoms with van der Waals surface area (Å²) < 4.78 is 19.5. The molecule has 106 valence electrons. The quantitative estimate of drug-likeness (QED) is 0.847. The number of hydrogen-bond acceptors (Lipinski definition) is 2. The molecule has 0 aromatic heterocycles. The highest BCUT2D eigenvalue weighted by Crippen LogP contribution is 2.31. The van der Waals surface area contributed by atoms with Crippen LogP contribution in [0.5, 0.6) is 5.75 Å². The maximum Gasteiger partial charge on any atom is 0.131 e. The van der Waals surface area contributed by atoms with Crippen molar-refractivity contribution < 1.29 is 9.13 Å². The average Bonchev–Trinajstić information content (AvgIpc) is 2.37. The van der Waals surface area contributed by atoms with Crippen molar-refractivity contribution >= 4 is 5.69 Å². The van der Waals surface area contributed by atoms with Crippen LogP contribution in [0, 0.1) is 5.82 Å². The molecular formula is C17H20FNO. The van der Waals surface area contributed by atoms with E-state index in [2.05, 4.69) is 20.8 Å². The lowest BCUT2D eigenvalue weighted by Gasteiger charge is -2.22. The molecule has 2 nitrogen and oxygen atoms in total. The normalized spacial score (nSPS) is 11.4. The molecule has 0 spiro atoms.